The minimum absolute atomic E-state index is 0.0917. The minimum atomic E-state index is -0.271. The molecule has 2 N–H and O–H groups in total. The zero-order valence-electron chi connectivity index (χ0n) is 16.1. The van der Waals surface area contributed by atoms with Crippen LogP contribution in [0.1, 0.15) is 47.8 Å². The lowest BCUT2D eigenvalue weighted by molar-refractivity contribution is -0.129. The smallest absolute Gasteiger partial charge is 0.255 e. The summed E-state index contributed by atoms with van der Waals surface area (Å²) in [5.41, 5.74) is 1.99. The summed E-state index contributed by atoms with van der Waals surface area (Å²) in [6.45, 7) is 3.11. The van der Waals surface area contributed by atoms with Gasteiger partial charge in [-0.1, -0.05) is 35.5 Å². The van der Waals surface area contributed by atoms with Crippen LogP contribution in [0.4, 0.5) is 0 Å². The fraction of sp³-hybridized carbons (Fsp3) is 0.350. The van der Waals surface area contributed by atoms with E-state index in [-0.39, 0.29) is 24.3 Å². The van der Waals surface area contributed by atoms with E-state index in [9.17, 15) is 9.59 Å². The number of H-pyrrole nitrogens is 1. The Morgan fingerprint density at radius 1 is 1.24 bits per heavy atom. The predicted molar refractivity (Wildman–Crippen MR) is 104 cm³/mol. The lowest BCUT2D eigenvalue weighted by Crippen LogP contribution is -2.36. The van der Waals surface area contributed by atoms with Gasteiger partial charge in [0.1, 0.15) is 0 Å². The average Bonchev–Trinajstić information content (AvgIpc) is 3.42. The van der Waals surface area contributed by atoms with Gasteiger partial charge in [-0.15, -0.1) is 0 Å². The van der Waals surface area contributed by atoms with Crippen LogP contribution >= 0.6 is 0 Å². The first kappa shape index (κ1) is 18.9. The molecule has 0 saturated carbocycles. The third-order valence-corrected chi connectivity index (χ3v) is 5.14. The van der Waals surface area contributed by atoms with E-state index in [4.69, 9.17) is 4.52 Å². The number of benzene rings is 1. The lowest BCUT2D eigenvalue weighted by Gasteiger charge is -2.29. The highest BCUT2D eigenvalue weighted by Gasteiger charge is 2.25. The van der Waals surface area contributed by atoms with Gasteiger partial charge in [-0.2, -0.15) is 10.1 Å². The Labute approximate surface area is 167 Å². The summed E-state index contributed by atoms with van der Waals surface area (Å²) in [6, 6.07) is 9.53. The van der Waals surface area contributed by atoms with Gasteiger partial charge >= 0.3 is 0 Å². The Bertz CT molecular complexity index is 989. The van der Waals surface area contributed by atoms with Gasteiger partial charge in [-0.25, -0.2) is 0 Å². The van der Waals surface area contributed by atoms with Gasteiger partial charge in [0.05, 0.1) is 24.0 Å². The SMILES string of the molecule is CC(=O)N1CCC(c2noc(CNC(=O)c3cn[nH]c3-c3ccccc3)n2)CC1. The number of carbonyl (C=O) groups excluding carboxylic acids is 2. The van der Waals surface area contributed by atoms with Crippen molar-refractivity contribution in [2.45, 2.75) is 32.2 Å². The molecule has 0 atom stereocenters. The predicted octanol–water partition coefficient (Wildman–Crippen LogP) is 2.12. The van der Waals surface area contributed by atoms with E-state index >= 15 is 0 Å². The monoisotopic (exact) mass is 394 g/mol. The molecule has 0 radical (unpaired) electrons. The molecule has 0 bridgehead atoms. The summed E-state index contributed by atoms with van der Waals surface area (Å²) >= 11 is 0. The fourth-order valence-corrected chi connectivity index (χ4v) is 3.49. The van der Waals surface area contributed by atoms with Crippen LogP contribution in [0, 0.1) is 0 Å². The Morgan fingerprint density at radius 2 is 2.00 bits per heavy atom. The molecule has 1 aliphatic rings. The molecule has 4 rings (SSSR count). The van der Waals surface area contributed by atoms with Crippen LogP contribution in [-0.4, -0.2) is 50.1 Å². The Kier molecular flexibility index (Phi) is 5.37. The van der Waals surface area contributed by atoms with Gasteiger partial charge in [-0.3, -0.25) is 14.7 Å². The van der Waals surface area contributed by atoms with Crippen molar-refractivity contribution in [1.29, 1.82) is 0 Å². The van der Waals surface area contributed by atoms with E-state index < -0.39 is 0 Å². The normalized spacial score (nSPS) is 14.7. The second-order valence-corrected chi connectivity index (χ2v) is 7.03. The number of piperidine rings is 1. The second kappa shape index (κ2) is 8.26. The van der Waals surface area contributed by atoms with Crippen LogP contribution in [-0.2, 0) is 11.3 Å². The Balaban J connectivity index is 1.36. The highest BCUT2D eigenvalue weighted by atomic mass is 16.5. The standard InChI is InChI=1S/C20H22N6O3/c1-13(27)26-9-7-15(8-10-26)19-23-17(29-25-19)12-21-20(28)16-11-22-24-18(16)14-5-3-2-4-6-14/h2-6,11,15H,7-10,12H2,1H3,(H,21,28)(H,22,24). The summed E-state index contributed by atoms with van der Waals surface area (Å²) in [7, 11) is 0. The van der Waals surface area contributed by atoms with Crippen molar-refractivity contribution in [1.82, 2.24) is 30.6 Å². The third kappa shape index (κ3) is 4.18. The Hall–Kier alpha value is -3.49. The fourth-order valence-electron chi connectivity index (χ4n) is 3.49. The maximum Gasteiger partial charge on any atom is 0.255 e. The molecule has 9 heteroatoms. The summed E-state index contributed by atoms with van der Waals surface area (Å²) in [5, 5.41) is 13.7. The zero-order chi connectivity index (χ0) is 20.2. The third-order valence-electron chi connectivity index (χ3n) is 5.14. The van der Waals surface area contributed by atoms with Gasteiger partial charge in [-0.05, 0) is 12.8 Å². The lowest BCUT2D eigenvalue weighted by atomic mass is 9.96. The van der Waals surface area contributed by atoms with Crippen LogP contribution in [0.5, 0.6) is 0 Å². The molecule has 3 heterocycles. The van der Waals surface area contributed by atoms with E-state index in [0.717, 1.165) is 18.4 Å². The number of hydrogen-bond donors (Lipinski definition) is 2. The van der Waals surface area contributed by atoms with Crippen molar-refractivity contribution in [3.05, 3.63) is 53.8 Å². The summed E-state index contributed by atoms with van der Waals surface area (Å²) in [5.74, 6) is 0.969. The highest BCUT2D eigenvalue weighted by molar-refractivity contribution is 5.99. The number of nitrogens with one attached hydrogen (secondary N) is 2. The summed E-state index contributed by atoms with van der Waals surface area (Å²) < 4.78 is 5.29. The second-order valence-electron chi connectivity index (χ2n) is 7.03. The minimum Gasteiger partial charge on any atom is -0.343 e. The van der Waals surface area contributed by atoms with E-state index in [1.165, 1.54) is 6.20 Å². The zero-order valence-corrected chi connectivity index (χ0v) is 16.1. The highest BCUT2D eigenvalue weighted by Crippen LogP contribution is 2.26. The molecule has 1 aliphatic heterocycles. The van der Waals surface area contributed by atoms with Gasteiger partial charge in [0.25, 0.3) is 5.91 Å². The van der Waals surface area contributed by atoms with Gasteiger partial charge in [0, 0.05) is 31.5 Å². The molecule has 0 spiro atoms. The van der Waals surface area contributed by atoms with Crippen molar-refractivity contribution in [3.8, 4) is 11.3 Å². The molecule has 3 aromatic rings. The maximum atomic E-state index is 12.6. The molecule has 150 valence electrons. The first-order valence-corrected chi connectivity index (χ1v) is 9.57. The maximum absolute atomic E-state index is 12.6. The number of aromatic nitrogens is 4. The molecule has 2 amide bonds. The number of carbonyl (C=O) groups is 2. The number of rotatable bonds is 5. The first-order chi connectivity index (χ1) is 14.1. The van der Waals surface area contributed by atoms with Crippen LogP contribution in [0.15, 0.2) is 41.1 Å². The van der Waals surface area contributed by atoms with E-state index in [2.05, 4.69) is 25.7 Å². The summed E-state index contributed by atoms with van der Waals surface area (Å²) in [4.78, 5) is 30.3. The molecule has 1 saturated heterocycles. The largest absolute Gasteiger partial charge is 0.343 e. The Morgan fingerprint density at radius 3 is 2.72 bits per heavy atom. The molecule has 1 fully saturated rings. The van der Waals surface area contributed by atoms with Crippen LogP contribution in [0.3, 0.4) is 0 Å². The molecule has 1 aromatic carbocycles. The van der Waals surface area contributed by atoms with Gasteiger partial charge in [0.15, 0.2) is 5.82 Å². The van der Waals surface area contributed by atoms with E-state index in [1.807, 2.05) is 35.2 Å². The molecule has 29 heavy (non-hydrogen) atoms. The number of hydrogen-bond acceptors (Lipinski definition) is 6. The van der Waals surface area contributed by atoms with Crippen molar-refractivity contribution < 1.29 is 14.1 Å². The number of aromatic amines is 1. The number of amides is 2. The van der Waals surface area contributed by atoms with E-state index in [0.29, 0.717) is 36.1 Å². The van der Waals surface area contributed by atoms with Crippen molar-refractivity contribution in [3.63, 3.8) is 0 Å². The molecule has 2 aromatic heterocycles. The molecule has 9 nitrogen and oxygen atoms in total. The van der Waals surface area contributed by atoms with Crippen molar-refractivity contribution in [2.24, 2.45) is 0 Å². The molecular weight excluding hydrogens is 372 g/mol. The van der Waals surface area contributed by atoms with E-state index in [1.54, 1.807) is 6.92 Å². The van der Waals surface area contributed by atoms with Gasteiger partial charge < -0.3 is 14.7 Å². The molecule has 0 aliphatic carbocycles. The molecule has 0 unspecified atom stereocenters. The average molecular weight is 394 g/mol. The van der Waals surface area contributed by atoms with Crippen LogP contribution in [0.25, 0.3) is 11.3 Å². The van der Waals surface area contributed by atoms with Crippen LogP contribution < -0.4 is 5.32 Å². The number of likely N-dealkylation sites (tertiary alicyclic amines) is 1. The van der Waals surface area contributed by atoms with Crippen LogP contribution in [0.2, 0.25) is 0 Å². The summed E-state index contributed by atoms with van der Waals surface area (Å²) in [6.07, 6.45) is 3.11. The van der Waals surface area contributed by atoms with Crippen molar-refractivity contribution in [2.75, 3.05) is 13.1 Å². The quantitative estimate of drug-likeness (QED) is 0.684. The number of nitrogens with zero attached hydrogens (tertiary/aromatic N) is 4. The first-order valence-electron chi connectivity index (χ1n) is 9.57. The topological polar surface area (TPSA) is 117 Å². The molecular formula is C20H22N6O3. The van der Waals surface area contributed by atoms with Gasteiger partial charge in [0.2, 0.25) is 11.8 Å². The van der Waals surface area contributed by atoms with Crippen molar-refractivity contribution >= 4 is 11.8 Å².